The van der Waals surface area contributed by atoms with Crippen molar-refractivity contribution in [3.8, 4) is 0 Å². The van der Waals surface area contributed by atoms with Crippen LogP contribution in [0.3, 0.4) is 0 Å². The van der Waals surface area contributed by atoms with Crippen molar-refractivity contribution in [2.75, 3.05) is 5.32 Å². The van der Waals surface area contributed by atoms with Gasteiger partial charge in [0.1, 0.15) is 5.69 Å². The molecule has 0 bridgehead atoms. The van der Waals surface area contributed by atoms with Crippen molar-refractivity contribution in [1.82, 2.24) is 4.98 Å². The van der Waals surface area contributed by atoms with Gasteiger partial charge in [0, 0.05) is 25.0 Å². The SMILES string of the molecule is CCc1c(C)[nH]c(=O)c(NC(=O)CCCC(=O)O)c1Cc1cc(C)cc(C)c1. The number of rotatable bonds is 8. The van der Waals surface area contributed by atoms with Gasteiger partial charge in [0.05, 0.1) is 0 Å². The van der Waals surface area contributed by atoms with E-state index in [0.717, 1.165) is 39.9 Å². The van der Waals surface area contributed by atoms with Crippen molar-refractivity contribution < 1.29 is 14.7 Å². The summed E-state index contributed by atoms with van der Waals surface area (Å²) in [6.07, 6.45) is 1.49. The number of aromatic amines is 1. The lowest BCUT2D eigenvalue weighted by molar-refractivity contribution is -0.137. The number of nitrogens with one attached hydrogen (secondary N) is 2. The summed E-state index contributed by atoms with van der Waals surface area (Å²) in [6.45, 7) is 7.95. The lowest BCUT2D eigenvalue weighted by atomic mass is 9.94. The molecule has 1 amide bonds. The van der Waals surface area contributed by atoms with Crippen LogP contribution in [0.25, 0.3) is 0 Å². The topological polar surface area (TPSA) is 99.3 Å². The lowest BCUT2D eigenvalue weighted by Crippen LogP contribution is -2.24. The van der Waals surface area contributed by atoms with E-state index < -0.39 is 5.97 Å². The molecule has 0 saturated heterocycles. The second-order valence-electron chi connectivity index (χ2n) is 7.23. The highest BCUT2D eigenvalue weighted by Crippen LogP contribution is 2.24. The summed E-state index contributed by atoms with van der Waals surface area (Å²) < 4.78 is 0. The Morgan fingerprint density at radius 3 is 2.25 bits per heavy atom. The van der Waals surface area contributed by atoms with Crippen LogP contribution in [0.5, 0.6) is 0 Å². The molecule has 150 valence electrons. The van der Waals surface area contributed by atoms with Crippen LogP contribution in [0.4, 0.5) is 5.69 Å². The minimum atomic E-state index is -0.940. The number of pyridine rings is 1. The van der Waals surface area contributed by atoms with Crippen molar-refractivity contribution in [3.63, 3.8) is 0 Å². The van der Waals surface area contributed by atoms with Gasteiger partial charge in [0.2, 0.25) is 5.91 Å². The quantitative estimate of drug-likeness (QED) is 0.647. The Hall–Kier alpha value is -2.89. The van der Waals surface area contributed by atoms with Crippen LogP contribution in [0.1, 0.15) is 59.7 Å². The van der Waals surface area contributed by atoms with Crippen LogP contribution in [-0.2, 0) is 22.4 Å². The Balaban J connectivity index is 2.40. The van der Waals surface area contributed by atoms with Crippen LogP contribution in [0.2, 0.25) is 0 Å². The Morgan fingerprint density at radius 1 is 1.04 bits per heavy atom. The predicted octanol–water partition coefficient (Wildman–Crippen LogP) is 3.65. The number of carbonyl (C=O) groups is 2. The zero-order chi connectivity index (χ0) is 20.8. The van der Waals surface area contributed by atoms with Gasteiger partial charge in [-0.2, -0.15) is 0 Å². The van der Waals surface area contributed by atoms with Gasteiger partial charge in [0.25, 0.3) is 5.56 Å². The number of hydrogen-bond acceptors (Lipinski definition) is 3. The number of carboxylic acid groups (broad SMARTS) is 1. The second-order valence-corrected chi connectivity index (χ2v) is 7.23. The highest BCUT2D eigenvalue weighted by molar-refractivity contribution is 5.91. The maximum Gasteiger partial charge on any atom is 0.303 e. The van der Waals surface area contributed by atoms with Gasteiger partial charge in [-0.25, -0.2) is 0 Å². The molecule has 1 aromatic carbocycles. The molecule has 2 rings (SSSR count). The molecular formula is C22H28N2O4. The molecule has 0 aliphatic carbocycles. The van der Waals surface area contributed by atoms with Gasteiger partial charge >= 0.3 is 5.97 Å². The fourth-order valence-corrected chi connectivity index (χ4v) is 3.61. The summed E-state index contributed by atoms with van der Waals surface area (Å²) in [5.74, 6) is -1.29. The number of aliphatic carboxylic acids is 1. The molecule has 1 heterocycles. The molecule has 0 atom stereocenters. The number of anilines is 1. The number of aromatic nitrogens is 1. The van der Waals surface area contributed by atoms with E-state index in [9.17, 15) is 14.4 Å². The molecule has 1 aromatic heterocycles. The van der Waals surface area contributed by atoms with Crippen molar-refractivity contribution >= 4 is 17.6 Å². The van der Waals surface area contributed by atoms with E-state index in [2.05, 4.69) is 28.5 Å². The summed E-state index contributed by atoms with van der Waals surface area (Å²) >= 11 is 0. The first-order valence-corrected chi connectivity index (χ1v) is 9.54. The molecule has 0 fully saturated rings. The summed E-state index contributed by atoms with van der Waals surface area (Å²) in [7, 11) is 0. The van der Waals surface area contributed by atoms with Gasteiger partial charge in [-0.05, 0) is 50.3 Å². The minimum absolute atomic E-state index is 0.0596. The van der Waals surface area contributed by atoms with Gasteiger partial charge in [-0.3, -0.25) is 14.4 Å². The fourth-order valence-electron chi connectivity index (χ4n) is 3.61. The lowest BCUT2D eigenvalue weighted by Gasteiger charge is -2.17. The van der Waals surface area contributed by atoms with Crippen LogP contribution in [0.15, 0.2) is 23.0 Å². The third-order valence-corrected chi connectivity index (χ3v) is 4.72. The number of benzene rings is 1. The standard InChI is InChI=1S/C22H28N2O4/c1-5-17-15(4)23-22(28)21(24-19(25)7-6-8-20(26)27)18(17)12-16-10-13(2)9-14(3)11-16/h9-11H,5-8,12H2,1-4H3,(H,23,28)(H,24,25)(H,26,27). The van der Waals surface area contributed by atoms with E-state index in [-0.39, 0.29) is 36.4 Å². The van der Waals surface area contributed by atoms with E-state index in [4.69, 9.17) is 5.11 Å². The third kappa shape index (κ3) is 5.55. The largest absolute Gasteiger partial charge is 0.481 e. The van der Waals surface area contributed by atoms with Gasteiger partial charge in [0.15, 0.2) is 0 Å². The molecule has 6 nitrogen and oxygen atoms in total. The zero-order valence-electron chi connectivity index (χ0n) is 16.9. The van der Waals surface area contributed by atoms with Crippen molar-refractivity contribution in [2.24, 2.45) is 0 Å². The second kappa shape index (κ2) is 9.35. The van der Waals surface area contributed by atoms with Crippen LogP contribution in [-0.4, -0.2) is 22.0 Å². The molecule has 0 saturated carbocycles. The number of H-pyrrole nitrogens is 1. The molecule has 6 heteroatoms. The molecule has 0 aliphatic rings. The normalized spacial score (nSPS) is 10.7. The van der Waals surface area contributed by atoms with Crippen molar-refractivity contribution in [2.45, 2.75) is 59.8 Å². The van der Waals surface area contributed by atoms with Crippen LogP contribution in [0, 0.1) is 20.8 Å². The zero-order valence-corrected chi connectivity index (χ0v) is 16.9. The average molecular weight is 384 g/mol. The summed E-state index contributed by atoms with van der Waals surface area (Å²) in [5.41, 5.74) is 5.94. The predicted molar refractivity (Wildman–Crippen MR) is 110 cm³/mol. The molecule has 28 heavy (non-hydrogen) atoms. The smallest absolute Gasteiger partial charge is 0.303 e. The van der Waals surface area contributed by atoms with Crippen molar-refractivity contribution in [3.05, 3.63) is 62.1 Å². The third-order valence-electron chi connectivity index (χ3n) is 4.72. The molecule has 0 unspecified atom stereocenters. The van der Waals surface area contributed by atoms with Crippen LogP contribution < -0.4 is 10.9 Å². The van der Waals surface area contributed by atoms with E-state index >= 15 is 0 Å². The summed E-state index contributed by atoms with van der Waals surface area (Å²) in [6, 6.07) is 6.27. The van der Waals surface area contributed by atoms with E-state index in [1.54, 1.807) is 0 Å². The number of carbonyl (C=O) groups excluding carboxylic acids is 1. The first-order chi connectivity index (χ1) is 13.2. The number of carboxylic acids is 1. The Morgan fingerprint density at radius 2 is 1.68 bits per heavy atom. The summed E-state index contributed by atoms with van der Waals surface area (Å²) in [4.78, 5) is 38.4. The van der Waals surface area contributed by atoms with Crippen molar-refractivity contribution in [1.29, 1.82) is 0 Å². The highest BCUT2D eigenvalue weighted by Gasteiger charge is 2.17. The first kappa shape index (κ1) is 21.4. The van der Waals surface area contributed by atoms with Crippen LogP contribution >= 0.6 is 0 Å². The monoisotopic (exact) mass is 384 g/mol. The maximum absolute atomic E-state index is 12.6. The molecular weight excluding hydrogens is 356 g/mol. The van der Waals surface area contributed by atoms with Gasteiger partial charge in [-0.1, -0.05) is 36.2 Å². The Kier molecular flexibility index (Phi) is 7.15. The summed E-state index contributed by atoms with van der Waals surface area (Å²) in [5, 5.41) is 11.5. The van der Waals surface area contributed by atoms with E-state index in [1.807, 2.05) is 27.7 Å². The minimum Gasteiger partial charge on any atom is -0.481 e. The number of hydrogen-bond donors (Lipinski definition) is 3. The molecule has 2 aromatic rings. The average Bonchev–Trinajstić information content (AvgIpc) is 2.57. The van der Waals surface area contributed by atoms with Gasteiger partial charge in [-0.15, -0.1) is 0 Å². The Labute approximate surface area is 165 Å². The van der Waals surface area contributed by atoms with E-state index in [0.29, 0.717) is 6.42 Å². The number of aryl methyl sites for hydroxylation is 3. The molecule has 0 spiro atoms. The molecule has 0 radical (unpaired) electrons. The maximum atomic E-state index is 12.6. The first-order valence-electron chi connectivity index (χ1n) is 9.54. The molecule has 3 N–H and O–H groups in total. The Bertz CT molecular complexity index is 924. The number of amides is 1. The van der Waals surface area contributed by atoms with E-state index in [1.165, 1.54) is 0 Å². The fraction of sp³-hybridized carbons (Fsp3) is 0.409. The van der Waals surface area contributed by atoms with Gasteiger partial charge < -0.3 is 15.4 Å². The highest BCUT2D eigenvalue weighted by atomic mass is 16.4. The molecule has 0 aliphatic heterocycles.